The Morgan fingerprint density at radius 2 is 1.83 bits per heavy atom. The summed E-state index contributed by atoms with van der Waals surface area (Å²) in [5.74, 6) is 0. The molecule has 3 heterocycles. The maximum atomic E-state index is 13.3. The molecule has 0 fully saturated rings. The Bertz CT molecular complexity index is 1640. The second kappa shape index (κ2) is 8.62. The summed E-state index contributed by atoms with van der Waals surface area (Å²) >= 11 is 0. The fourth-order valence-electron chi connectivity index (χ4n) is 4.79. The van der Waals surface area contributed by atoms with Crippen molar-refractivity contribution in [2.45, 2.75) is 26.8 Å². The molecule has 8 heteroatoms. The van der Waals surface area contributed by atoms with Gasteiger partial charge in [0.2, 0.25) is 10.0 Å². The molecule has 0 aliphatic carbocycles. The first-order valence-electron chi connectivity index (χ1n) is 11.5. The molecule has 180 valence electrons. The molecule has 2 aromatic heterocycles. The van der Waals surface area contributed by atoms with E-state index in [9.17, 15) is 13.2 Å². The predicted molar refractivity (Wildman–Crippen MR) is 141 cm³/mol. The molecule has 1 N–H and O–H groups in total. The second-order valence-corrected chi connectivity index (χ2v) is 11.2. The molecule has 0 saturated heterocycles. The molecule has 7 nitrogen and oxygen atoms in total. The van der Waals surface area contributed by atoms with Gasteiger partial charge in [0.25, 0.3) is 5.56 Å². The van der Waals surface area contributed by atoms with E-state index >= 15 is 0 Å². The van der Waals surface area contributed by atoms with Gasteiger partial charge in [0.05, 0.1) is 11.8 Å². The molecule has 0 spiro atoms. The molecule has 0 amide bonds. The van der Waals surface area contributed by atoms with Crippen molar-refractivity contribution in [2.75, 3.05) is 18.1 Å². The summed E-state index contributed by atoms with van der Waals surface area (Å²) in [6.07, 6.45) is 3.70. The first-order chi connectivity index (χ1) is 16.6. The highest BCUT2D eigenvalue weighted by molar-refractivity contribution is 7.88. The average Bonchev–Trinajstić information content (AvgIpc) is 2.82. The van der Waals surface area contributed by atoms with Gasteiger partial charge in [0.1, 0.15) is 0 Å². The number of rotatable bonds is 4. The molecule has 0 saturated carbocycles. The predicted octanol–water partition coefficient (Wildman–Crippen LogP) is 4.28. The zero-order valence-corrected chi connectivity index (χ0v) is 21.1. The number of hydrogen-bond donors (Lipinski definition) is 1. The van der Waals surface area contributed by atoms with Crippen LogP contribution in [0.5, 0.6) is 0 Å². The third kappa shape index (κ3) is 4.35. The van der Waals surface area contributed by atoms with Crippen molar-refractivity contribution in [1.82, 2.24) is 13.9 Å². The normalized spacial score (nSPS) is 14.2. The van der Waals surface area contributed by atoms with Crippen LogP contribution in [-0.2, 0) is 30.0 Å². The van der Waals surface area contributed by atoms with Crippen molar-refractivity contribution in [3.05, 3.63) is 87.5 Å². The molecule has 35 heavy (non-hydrogen) atoms. The number of benzene rings is 2. The van der Waals surface area contributed by atoms with Gasteiger partial charge in [-0.25, -0.2) is 8.42 Å². The highest BCUT2D eigenvalue weighted by Gasteiger charge is 2.24. The van der Waals surface area contributed by atoms with Crippen molar-refractivity contribution in [1.29, 1.82) is 0 Å². The van der Waals surface area contributed by atoms with Crippen LogP contribution in [-0.4, -0.2) is 35.1 Å². The number of nitrogens with zero attached hydrogens (tertiary/aromatic N) is 3. The van der Waals surface area contributed by atoms with Gasteiger partial charge in [-0.2, -0.15) is 4.31 Å². The summed E-state index contributed by atoms with van der Waals surface area (Å²) in [7, 11) is -1.44. The van der Waals surface area contributed by atoms with Gasteiger partial charge in [0.15, 0.2) is 0 Å². The third-order valence-electron chi connectivity index (χ3n) is 6.75. The van der Waals surface area contributed by atoms with Crippen LogP contribution in [0, 0.1) is 13.8 Å². The van der Waals surface area contributed by atoms with E-state index in [4.69, 9.17) is 0 Å². The van der Waals surface area contributed by atoms with Crippen molar-refractivity contribution >= 4 is 32.3 Å². The number of hydrogen-bond acceptors (Lipinski definition) is 5. The summed E-state index contributed by atoms with van der Waals surface area (Å²) in [5.41, 5.74) is 8.13. The zero-order chi connectivity index (χ0) is 24.9. The number of anilines is 2. The van der Waals surface area contributed by atoms with Crippen LogP contribution in [0.2, 0.25) is 0 Å². The van der Waals surface area contributed by atoms with Crippen LogP contribution in [0.1, 0.15) is 22.4 Å². The Hall–Kier alpha value is -3.49. The highest BCUT2D eigenvalue weighted by Crippen LogP contribution is 2.32. The quantitative estimate of drug-likeness (QED) is 0.464. The Morgan fingerprint density at radius 1 is 1.03 bits per heavy atom. The largest absolute Gasteiger partial charge is 0.355 e. The van der Waals surface area contributed by atoms with E-state index in [-0.39, 0.29) is 5.56 Å². The van der Waals surface area contributed by atoms with Crippen LogP contribution >= 0.6 is 0 Å². The highest BCUT2D eigenvalue weighted by atomic mass is 32.2. The summed E-state index contributed by atoms with van der Waals surface area (Å²) < 4.78 is 27.2. The Morgan fingerprint density at radius 3 is 2.60 bits per heavy atom. The Labute approximate surface area is 205 Å². The maximum Gasteiger partial charge on any atom is 0.258 e. The lowest BCUT2D eigenvalue weighted by Crippen LogP contribution is -2.35. The second-order valence-electron chi connectivity index (χ2n) is 9.25. The molecule has 0 radical (unpaired) electrons. The SMILES string of the molecule is Cc1cc2c(cn1)cc(-c1cc(Nc3cccc4c3CCN(S(C)(=O)=O)C4)ccc1C)c(=O)n2C. The molecular weight excluding hydrogens is 460 g/mol. The van der Waals surface area contributed by atoms with E-state index in [1.807, 2.05) is 62.4 Å². The van der Waals surface area contributed by atoms with E-state index in [0.717, 1.165) is 50.2 Å². The minimum Gasteiger partial charge on any atom is -0.355 e. The van der Waals surface area contributed by atoms with Gasteiger partial charge >= 0.3 is 0 Å². The van der Waals surface area contributed by atoms with Crippen molar-refractivity contribution in [3.63, 3.8) is 0 Å². The fraction of sp³-hybridized carbons (Fsp3) is 0.259. The summed E-state index contributed by atoms with van der Waals surface area (Å²) in [4.78, 5) is 17.7. The first kappa shape index (κ1) is 23.3. The van der Waals surface area contributed by atoms with Crippen molar-refractivity contribution in [3.8, 4) is 11.1 Å². The monoisotopic (exact) mass is 488 g/mol. The summed E-state index contributed by atoms with van der Waals surface area (Å²) in [6.45, 7) is 4.76. The van der Waals surface area contributed by atoms with E-state index in [1.165, 1.54) is 10.6 Å². The van der Waals surface area contributed by atoms with Gasteiger partial charge in [-0.05, 0) is 72.9 Å². The number of aryl methyl sites for hydroxylation is 3. The smallest absolute Gasteiger partial charge is 0.258 e. The molecule has 2 aromatic carbocycles. The lowest BCUT2D eigenvalue weighted by molar-refractivity contribution is 0.395. The van der Waals surface area contributed by atoms with Crippen LogP contribution in [0.3, 0.4) is 0 Å². The number of pyridine rings is 2. The minimum atomic E-state index is -3.23. The average molecular weight is 489 g/mol. The molecular formula is C27H28N4O3S. The van der Waals surface area contributed by atoms with Crippen LogP contribution in [0.15, 0.2) is 59.5 Å². The lowest BCUT2D eigenvalue weighted by Gasteiger charge is -2.28. The van der Waals surface area contributed by atoms with E-state index in [2.05, 4.69) is 10.3 Å². The van der Waals surface area contributed by atoms with Crippen molar-refractivity contribution < 1.29 is 8.42 Å². The molecule has 0 unspecified atom stereocenters. The van der Waals surface area contributed by atoms with E-state index < -0.39 is 10.0 Å². The van der Waals surface area contributed by atoms with Gasteiger partial charge in [-0.1, -0.05) is 18.2 Å². The molecule has 0 bridgehead atoms. The summed E-state index contributed by atoms with van der Waals surface area (Å²) in [5, 5.41) is 4.43. The van der Waals surface area contributed by atoms with Crippen molar-refractivity contribution in [2.24, 2.45) is 7.05 Å². The van der Waals surface area contributed by atoms with E-state index in [1.54, 1.807) is 17.8 Å². The molecule has 0 atom stereocenters. The maximum absolute atomic E-state index is 13.3. The third-order valence-corrected chi connectivity index (χ3v) is 8.00. The van der Waals surface area contributed by atoms with Crippen LogP contribution in [0.25, 0.3) is 22.0 Å². The van der Waals surface area contributed by atoms with Gasteiger partial charge in [-0.3, -0.25) is 9.78 Å². The Balaban J connectivity index is 1.53. The van der Waals surface area contributed by atoms with Crippen LogP contribution in [0.4, 0.5) is 11.4 Å². The molecule has 5 rings (SSSR count). The van der Waals surface area contributed by atoms with Crippen LogP contribution < -0.4 is 10.9 Å². The van der Waals surface area contributed by atoms with E-state index in [0.29, 0.717) is 25.1 Å². The summed E-state index contributed by atoms with van der Waals surface area (Å²) in [6, 6.07) is 15.8. The number of aromatic nitrogens is 2. The number of fused-ring (bicyclic) bond motifs is 2. The van der Waals surface area contributed by atoms with Gasteiger partial charge in [0, 0.05) is 54.4 Å². The topological polar surface area (TPSA) is 84.3 Å². The van der Waals surface area contributed by atoms with Gasteiger partial charge < -0.3 is 9.88 Å². The fourth-order valence-corrected chi connectivity index (χ4v) is 5.58. The standard InChI is InChI=1S/C27H28N4O3S/c1-17-8-9-21(29-25-7-5-6-19-16-31(35(4,33)34)11-10-22(19)25)14-23(17)24-13-20-15-28-18(2)12-26(20)30(3)27(24)32/h5-9,12-15,29H,10-11,16H2,1-4H3. The van der Waals surface area contributed by atoms with Gasteiger partial charge in [-0.15, -0.1) is 0 Å². The minimum absolute atomic E-state index is 0.0543. The number of nitrogens with one attached hydrogen (secondary N) is 1. The molecule has 1 aliphatic rings. The Kier molecular flexibility index (Phi) is 5.73. The zero-order valence-electron chi connectivity index (χ0n) is 20.3. The molecule has 4 aromatic rings. The lowest BCUT2D eigenvalue weighted by atomic mass is 9.97. The number of sulfonamides is 1. The first-order valence-corrected chi connectivity index (χ1v) is 13.4. The molecule has 1 aliphatic heterocycles.